The third kappa shape index (κ3) is 5.19. The number of carbonyl (C=O) groups excluding carboxylic acids is 1. The minimum atomic E-state index is -4.22. The first-order valence-corrected chi connectivity index (χ1v) is 8.88. The van der Waals surface area contributed by atoms with Crippen molar-refractivity contribution in [1.82, 2.24) is 10.4 Å². The van der Waals surface area contributed by atoms with E-state index in [1.54, 1.807) is 23.3 Å². The summed E-state index contributed by atoms with van der Waals surface area (Å²) in [4.78, 5) is 11.3. The Morgan fingerprint density at radius 3 is 2.93 bits per heavy atom. The maximum Gasteiger partial charge on any atom is 0.389 e. The summed E-state index contributed by atoms with van der Waals surface area (Å²) in [5.41, 5.74) is 11.4. The van der Waals surface area contributed by atoms with Crippen molar-refractivity contribution in [1.29, 1.82) is 0 Å². The van der Waals surface area contributed by atoms with Gasteiger partial charge in [0, 0.05) is 37.2 Å². The molecule has 6 nitrogen and oxygen atoms in total. The lowest BCUT2D eigenvalue weighted by Gasteiger charge is -2.31. The number of rotatable bonds is 6. The van der Waals surface area contributed by atoms with E-state index in [0.29, 0.717) is 24.7 Å². The average Bonchev–Trinajstić information content (AvgIpc) is 2.63. The van der Waals surface area contributed by atoms with E-state index in [9.17, 15) is 18.0 Å². The summed E-state index contributed by atoms with van der Waals surface area (Å²) >= 11 is 0. The molecule has 2 aliphatic heterocycles. The normalized spacial score (nSPS) is 16.8. The highest BCUT2D eigenvalue weighted by atomic mass is 19.4. The third-order valence-electron chi connectivity index (χ3n) is 4.40. The molecule has 1 atom stereocenters. The number of nitrogens with zero attached hydrogens (tertiary/aromatic N) is 1. The summed E-state index contributed by atoms with van der Waals surface area (Å²) in [5.74, 6) is 0.945. The molecule has 0 saturated carbocycles. The van der Waals surface area contributed by atoms with Gasteiger partial charge in [-0.2, -0.15) is 13.2 Å². The standard InChI is InChI=1S/C19H22F3N3O3/c1-12(26)24-25-7-5-13-10-28-18-8-15(2-3-16(18)17(13)9-25)27-11-14(23)4-6-19(20,21)22/h2-3,5,7-8,14H,4,6,9-11,23H2,1H3,(H,24,26). The number of carbonyl (C=O) groups is 1. The van der Waals surface area contributed by atoms with Crippen LogP contribution in [0, 0.1) is 0 Å². The van der Waals surface area contributed by atoms with Gasteiger partial charge in [0.2, 0.25) is 5.91 Å². The Bertz CT molecular complexity index is 805. The van der Waals surface area contributed by atoms with Crippen molar-refractivity contribution in [2.45, 2.75) is 32.0 Å². The first kappa shape index (κ1) is 20.1. The smallest absolute Gasteiger partial charge is 0.389 e. The minimum absolute atomic E-state index is 0.0120. The van der Waals surface area contributed by atoms with Gasteiger partial charge < -0.3 is 15.2 Å². The number of nitrogens with one attached hydrogen (secondary N) is 1. The van der Waals surface area contributed by atoms with E-state index < -0.39 is 18.6 Å². The number of benzene rings is 1. The SMILES string of the molecule is CC(=O)NN1C=CC2=C(C1)c1ccc(OCC(N)CCC(F)(F)F)cc1OC2. The topological polar surface area (TPSA) is 76.8 Å². The third-order valence-corrected chi connectivity index (χ3v) is 4.40. The Hall–Kier alpha value is -2.68. The highest BCUT2D eigenvalue weighted by Crippen LogP contribution is 2.37. The molecule has 1 amide bonds. The van der Waals surface area contributed by atoms with Gasteiger partial charge in [-0.15, -0.1) is 0 Å². The number of halogens is 3. The second kappa shape index (κ2) is 8.14. The van der Waals surface area contributed by atoms with Crippen LogP contribution in [0.5, 0.6) is 11.5 Å². The highest BCUT2D eigenvalue weighted by molar-refractivity contribution is 5.80. The maximum atomic E-state index is 12.3. The molecule has 3 N–H and O–H groups in total. The van der Waals surface area contributed by atoms with Gasteiger partial charge in [0.05, 0.1) is 6.54 Å². The molecule has 3 rings (SSSR count). The van der Waals surface area contributed by atoms with Crippen LogP contribution >= 0.6 is 0 Å². The van der Waals surface area contributed by atoms with Crippen molar-refractivity contribution >= 4 is 11.5 Å². The van der Waals surface area contributed by atoms with E-state index in [-0.39, 0.29) is 18.9 Å². The summed E-state index contributed by atoms with van der Waals surface area (Å²) in [6.45, 7) is 2.33. The van der Waals surface area contributed by atoms with Crippen molar-refractivity contribution in [2.75, 3.05) is 19.8 Å². The molecule has 1 unspecified atom stereocenters. The molecule has 0 aromatic heterocycles. The summed E-state index contributed by atoms with van der Waals surface area (Å²) in [7, 11) is 0. The molecule has 1 aromatic rings. The number of fused-ring (bicyclic) bond motifs is 2. The van der Waals surface area contributed by atoms with Crippen LogP contribution in [0.2, 0.25) is 0 Å². The van der Waals surface area contributed by atoms with Gasteiger partial charge in [-0.25, -0.2) is 0 Å². The first-order valence-electron chi connectivity index (χ1n) is 8.88. The van der Waals surface area contributed by atoms with Crippen LogP contribution in [-0.4, -0.2) is 42.9 Å². The van der Waals surface area contributed by atoms with E-state index in [1.807, 2.05) is 12.1 Å². The highest BCUT2D eigenvalue weighted by Gasteiger charge is 2.28. The zero-order valence-corrected chi connectivity index (χ0v) is 15.4. The van der Waals surface area contributed by atoms with Crippen molar-refractivity contribution in [3.63, 3.8) is 0 Å². The zero-order valence-electron chi connectivity index (χ0n) is 15.4. The zero-order chi connectivity index (χ0) is 20.3. The Morgan fingerprint density at radius 1 is 1.43 bits per heavy atom. The van der Waals surface area contributed by atoms with Gasteiger partial charge in [-0.05, 0) is 35.8 Å². The number of ether oxygens (including phenoxy) is 2. The molecule has 2 aliphatic rings. The number of alkyl halides is 3. The quantitative estimate of drug-likeness (QED) is 0.772. The Morgan fingerprint density at radius 2 is 2.21 bits per heavy atom. The molecule has 0 aliphatic carbocycles. The monoisotopic (exact) mass is 397 g/mol. The lowest BCUT2D eigenvalue weighted by atomic mass is 9.95. The maximum absolute atomic E-state index is 12.3. The van der Waals surface area contributed by atoms with Crippen molar-refractivity contribution in [2.24, 2.45) is 5.73 Å². The number of hydrogen-bond donors (Lipinski definition) is 2. The van der Waals surface area contributed by atoms with Crippen LogP contribution in [0.1, 0.15) is 25.3 Å². The second-order valence-electron chi connectivity index (χ2n) is 6.79. The van der Waals surface area contributed by atoms with Gasteiger partial charge >= 0.3 is 6.18 Å². The summed E-state index contributed by atoms with van der Waals surface area (Å²) in [5, 5.41) is 1.69. The van der Waals surface area contributed by atoms with Gasteiger partial charge in [-0.3, -0.25) is 15.2 Å². The van der Waals surface area contributed by atoms with Gasteiger partial charge in [0.25, 0.3) is 0 Å². The van der Waals surface area contributed by atoms with E-state index >= 15 is 0 Å². The Balaban J connectivity index is 1.64. The molecule has 9 heteroatoms. The molecule has 0 fully saturated rings. The van der Waals surface area contributed by atoms with Crippen molar-refractivity contribution in [3.8, 4) is 11.5 Å². The molecule has 0 bridgehead atoms. The van der Waals surface area contributed by atoms with E-state index in [1.165, 1.54) is 6.92 Å². The molecule has 1 aromatic carbocycles. The predicted molar refractivity (Wildman–Crippen MR) is 97.3 cm³/mol. The summed E-state index contributed by atoms with van der Waals surface area (Å²) in [6.07, 6.45) is -1.66. The molecule has 0 spiro atoms. The average molecular weight is 397 g/mol. The lowest BCUT2D eigenvalue weighted by Crippen LogP contribution is -2.40. The molecule has 0 saturated heterocycles. The largest absolute Gasteiger partial charge is 0.492 e. The van der Waals surface area contributed by atoms with Crippen LogP contribution in [0.15, 0.2) is 36.0 Å². The number of hydrogen-bond acceptors (Lipinski definition) is 5. The predicted octanol–water partition coefficient (Wildman–Crippen LogP) is 2.76. The van der Waals surface area contributed by atoms with Crippen LogP contribution in [0.3, 0.4) is 0 Å². The fourth-order valence-corrected chi connectivity index (χ4v) is 3.03. The fraction of sp³-hybridized carbons (Fsp3) is 0.421. The van der Waals surface area contributed by atoms with Crippen LogP contribution in [-0.2, 0) is 4.79 Å². The molecule has 0 radical (unpaired) electrons. The van der Waals surface area contributed by atoms with Crippen LogP contribution < -0.4 is 20.6 Å². The lowest BCUT2D eigenvalue weighted by molar-refractivity contribution is -0.136. The van der Waals surface area contributed by atoms with Crippen molar-refractivity contribution in [3.05, 3.63) is 41.6 Å². The van der Waals surface area contributed by atoms with Gasteiger partial charge in [0.15, 0.2) is 0 Å². The van der Waals surface area contributed by atoms with Crippen LogP contribution in [0.25, 0.3) is 5.57 Å². The number of nitrogens with two attached hydrogens (primary N) is 1. The second-order valence-corrected chi connectivity index (χ2v) is 6.79. The fourth-order valence-electron chi connectivity index (χ4n) is 3.03. The van der Waals surface area contributed by atoms with E-state index in [0.717, 1.165) is 16.7 Å². The number of amides is 1. The van der Waals surface area contributed by atoms with Crippen LogP contribution in [0.4, 0.5) is 13.2 Å². The Labute approximate surface area is 160 Å². The van der Waals surface area contributed by atoms with Crippen molar-refractivity contribution < 1.29 is 27.4 Å². The van der Waals surface area contributed by atoms with E-state index in [4.69, 9.17) is 15.2 Å². The number of hydrazine groups is 1. The first-order chi connectivity index (χ1) is 13.2. The summed E-state index contributed by atoms with van der Waals surface area (Å²) in [6, 6.07) is 4.57. The molecule has 28 heavy (non-hydrogen) atoms. The molecular formula is C19H22F3N3O3. The van der Waals surface area contributed by atoms with E-state index in [2.05, 4.69) is 5.43 Å². The minimum Gasteiger partial charge on any atom is -0.492 e. The Kier molecular flexibility index (Phi) is 5.83. The molecule has 152 valence electrons. The molecular weight excluding hydrogens is 375 g/mol. The van der Waals surface area contributed by atoms with Gasteiger partial charge in [-0.1, -0.05) is 0 Å². The molecule has 2 heterocycles. The summed E-state index contributed by atoms with van der Waals surface area (Å²) < 4.78 is 48.1. The van der Waals surface area contributed by atoms with Gasteiger partial charge in [0.1, 0.15) is 24.7 Å².